The number of nitrogens with zero attached hydrogens (tertiary/aromatic N) is 1. The lowest BCUT2D eigenvalue weighted by Gasteiger charge is -2.24. The molecule has 6 nitrogen and oxygen atoms in total. The van der Waals surface area contributed by atoms with Crippen molar-refractivity contribution in [3.8, 4) is 0 Å². The monoisotopic (exact) mass is 371 g/mol. The van der Waals surface area contributed by atoms with Crippen LogP contribution in [-0.2, 0) is 19.0 Å². The molecule has 0 aromatic heterocycles. The SMILES string of the molecule is Cc1ccc(S(=O)(=O)OCCCCCN(C)C(=O)OC(C)(C)C)cc1. The average Bonchev–Trinajstić information content (AvgIpc) is 2.49. The van der Waals surface area contributed by atoms with Crippen LogP contribution < -0.4 is 0 Å². The van der Waals surface area contributed by atoms with E-state index in [-0.39, 0.29) is 17.6 Å². The Balaban J connectivity index is 2.25. The number of carbonyl (C=O) groups is 1. The van der Waals surface area contributed by atoms with Crippen LogP contribution in [0.15, 0.2) is 29.2 Å². The lowest BCUT2D eigenvalue weighted by molar-refractivity contribution is 0.0296. The Kier molecular flexibility index (Phi) is 7.89. The Bertz CT molecular complexity index is 647. The summed E-state index contributed by atoms with van der Waals surface area (Å²) in [4.78, 5) is 13.5. The zero-order valence-electron chi connectivity index (χ0n) is 15.7. The average molecular weight is 371 g/mol. The molecule has 0 aliphatic carbocycles. The van der Waals surface area contributed by atoms with Crippen LogP contribution in [0.3, 0.4) is 0 Å². The van der Waals surface area contributed by atoms with Gasteiger partial charge in [-0.25, -0.2) is 4.79 Å². The van der Waals surface area contributed by atoms with Gasteiger partial charge in [0.2, 0.25) is 0 Å². The first-order valence-electron chi connectivity index (χ1n) is 8.41. The zero-order valence-corrected chi connectivity index (χ0v) is 16.6. The van der Waals surface area contributed by atoms with Crippen molar-refractivity contribution >= 4 is 16.2 Å². The van der Waals surface area contributed by atoms with Gasteiger partial charge in [-0.1, -0.05) is 17.7 Å². The molecule has 0 aliphatic heterocycles. The van der Waals surface area contributed by atoms with Gasteiger partial charge in [-0.15, -0.1) is 0 Å². The Labute approximate surface area is 151 Å². The Morgan fingerprint density at radius 3 is 2.24 bits per heavy atom. The third-order valence-electron chi connectivity index (χ3n) is 3.39. The van der Waals surface area contributed by atoms with Crippen LogP contribution in [0.4, 0.5) is 4.79 Å². The van der Waals surface area contributed by atoms with E-state index in [9.17, 15) is 13.2 Å². The number of aryl methyl sites for hydroxylation is 1. The molecular formula is C18H29NO5S. The highest BCUT2D eigenvalue weighted by molar-refractivity contribution is 7.86. The first-order chi connectivity index (χ1) is 11.5. The van der Waals surface area contributed by atoms with Crippen LogP contribution in [0.1, 0.15) is 45.6 Å². The summed E-state index contributed by atoms with van der Waals surface area (Å²) in [7, 11) is -2.01. The van der Waals surface area contributed by atoms with Gasteiger partial charge in [-0.2, -0.15) is 8.42 Å². The fourth-order valence-corrected chi connectivity index (χ4v) is 2.94. The van der Waals surface area contributed by atoms with E-state index in [2.05, 4.69) is 0 Å². The van der Waals surface area contributed by atoms with Crippen molar-refractivity contribution in [3.05, 3.63) is 29.8 Å². The Hall–Kier alpha value is -1.60. The topological polar surface area (TPSA) is 72.9 Å². The molecule has 0 unspecified atom stereocenters. The minimum Gasteiger partial charge on any atom is -0.444 e. The predicted molar refractivity (Wildman–Crippen MR) is 97.0 cm³/mol. The molecule has 1 amide bonds. The van der Waals surface area contributed by atoms with Gasteiger partial charge in [0.25, 0.3) is 10.1 Å². The number of benzene rings is 1. The summed E-state index contributed by atoms with van der Waals surface area (Å²) >= 11 is 0. The number of hydrogen-bond donors (Lipinski definition) is 0. The normalized spacial score (nSPS) is 12.0. The highest BCUT2D eigenvalue weighted by Gasteiger charge is 2.19. The van der Waals surface area contributed by atoms with Crippen LogP contribution in [0.2, 0.25) is 0 Å². The number of ether oxygens (including phenoxy) is 1. The molecule has 0 bridgehead atoms. The largest absolute Gasteiger partial charge is 0.444 e. The highest BCUT2D eigenvalue weighted by atomic mass is 32.2. The third kappa shape index (κ3) is 8.36. The quantitative estimate of drug-likeness (QED) is 0.514. The van der Waals surface area contributed by atoms with Gasteiger partial charge in [-0.05, 0) is 59.1 Å². The third-order valence-corrected chi connectivity index (χ3v) is 4.72. The fourth-order valence-electron chi connectivity index (χ4n) is 2.00. The molecule has 0 saturated carbocycles. The first-order valence-corrected chi connectivity index (χ1v) is 9.82. The Morgan fingerprint density at radius 1 is 1.08 bits per heavy atom. The standard InChI is InChI=1S/C18H29NO5S/c1-15-9-11-16(12-10-15)25(21,22)23-14-8-6-7-13-19(5)17(20)24-18(2,3)4/h9-12H,6-8,13-14H2,1-5H3. The van der Waals surface area contributed by atoms with Crippen molar-refractivity contribution in [2.24, 2.45) is 0 Å². The lowest BCUT2D eigenvalue weighted by Crippen LogP contribution is -2.34. The van der Waals surface area contributed by atoms with Gasteiger partial charge in [0.15, 0.2) is 0 Å². The van der Waals surface area contributed by atoms with Crippen LogP contribution in [0, 0.1) is 6.92 Å². The molecule has 142 valence electrons. The van der Waals surface area contributed by atoms with Crippen molar-refractivity contribution in [3.63, 3.8) is 0 Å². The first kappa shape index (κ1) is 21.4. The molecule has 0 aliphatic rings. The molecule has 0 N–H and O–H groups in total. The second kappa shape index (κ2) is 9.20. The van der Waals surface area contributed by atoms with Crippen molar-refractivity contribution in [2.45, 2.75) is 57.5 Å². The van der Waals surface area contributed by atoms with E-state index < -0.39 is 15.7 Å². The maximum Gasteiger partial charge on any atom is 0.410 e. The summed E-state index contributed by atoms with van der Waals surface area (Å²) in [5.74, 6) is 0. The Morgan fingerprint density at radius 2 is 1.68 bits per heavy atom. The van der Waals surface area contributed by atoms with E-state index >= 15 is 0 Å². The number of hydrogen-bond acceptors (Lipinski definition) is 5. The smallest absolute Gasteiger partial charge is 0.410 e. The predicted octanol–water partition coefficient (Wildman–Crippen LogP) is 3.74. The molecule has 0 fully saturated rings. The van der Waals surface area contributed by atoms with Gasteiger partial charge in [-0.3, -0.25) is 4.18 Å². The van der Waals surface area contributed by atoms with E-state index in [0.717, 1.165) is 18.4 Å². The summed E-state index contributed by atoms with van der Waals surface area (Å²) < 4.78 is 34.3. The van der Waals surface area contributed by atoms with Crippen molar-refractivity contribution < 1.29 is 22.1 Å². The second-order valence-corrected chi connectivity index (χ2v) is 8.67. The minimum absolute atomic E-state index is 0.131. The summed E-state index contributed by atoms with van der Waals surface area (Å²) in [5, 5.41) is 0. The van der Waals surface area contributed by atoms with Crippen LogP contribution >= 0.6 is 0 Å². The molecule has 1 aromatic rings. The number of rotatable bonds is 8. The molecule has 0 saturated heterocycles. The summed E-state index contributed by atoms with van der Waals surface area (Å²) in [6, 6.07) is 6.56. The summed E-state index contributed by atoms with van der Waals surface area (Å²) in [6.07, 6.45) is 1.76. The van der Waals surface area contributed by atoms with Crippen molar-refractivity contribution in [2.75, 3.05) is 20.2 Å². The van der Waals surface area contributed by atoms with E-state index in [4.69, 9.17) is 8.92 Å². The van der Waals surface area contributed by atoms with Crippen molar-refractivity contribution in [1.29, 1.82) is 0 Å². The van der Waals surface area contributed by atoms with Gasteiger partial charge in [0, 0.05) is 13.6 Å². The zero-order chi connectivity index (χ0) is 19.1. The van der Waals surface area contributed by atoms with Crippen molar-refractivity contribution in [1.82, 2.24) is 4.90 Å². The fraction of sp³-hybridized carbons (Fsp3) is 0.611. The molecule has 1 rings (SSSR count). The molecule has 1 aromatic carbocycles. The summed E-state index contributed by atoms with van der Waals surface area (Å²) in [6.45, 7) is 8.05. The molecule has 0 radical (unpaired) electrons. The van der Waals surface area contributed by atoms with Gasteiger partial charge < -0.3 is 9.64 Å². The summed E-state index contributed by atoms with van der Waals surface area (Å²) in [5.41, 5.74) is 0.483. The molecule has 0 spiro atoms. The highest BCUT2D eigenvalue weighted by Crippen LogP contribution is 2.14. The van der Waals surface area contributed by atoms with E-state index in [1.165, 1.54) is 4.90 Å². The maximum atomic E-state index is 12.0. The van der Waals surface area contributed by atoms with E-state index in [0.29, 0.717) is 13.0 Å². The molecule has 0 atom stereocenters. The van der Waals surface area contributed by atoms with Crippen LogP contribution in [-0.4, -0.2) is 45.2 Å². The van der Waals surface area contributed by atoms with Gasteiger partial charge in [0.05, 0.1) is 11.5 Å². The van der Waals surface area contributed by atoms with Crippen LogP contribution in [0.5, 0.6) is 0 Å². The maximum absolute atomic E-state index is 12.0. The van der Waals surface area contributed by atoms with E-state index in [1.807, 2.05) is 27.7 Å². The minimum atomic E-state index is -3.70. The molecule has 0 heterocycles. The number of carbonyl (C=O) groups excluding carboxylic acids is 1. The molecule has 25 heavy (non-hydrogen) atoms. The van der Waals surface area contributed by atoms with Gasteiger partial charge in [0.1, 0.15) is 5.60 Å². The number of amides is 1. The molecular weight excluding hydrogens is 342 g/mol. The number of unbranched alkanes of at least 4 members (excludes halogenated alkanes) is 2. The second-order valence-electron chi connectivity index (χ2n) is 7.05. The molecule has 7 heteroatoms. The van der Waals surface area contributed by atoms with Crippen LogP contribution in [0.25, 0.3) is 0 Å². The van der Waals surface area contributed by atoms with Gasteiger partial charge >= 0.3 is 6.09 Å². The van der Waals surface area contributed by atoms with E-state index in [1.54, 1.807) is 31.3 Å². The lowest BCUT2D eigenvalue weighted by atomic mass is 10.2.